The maximum atomic E-state index is 11.5. The van der Waals surface area contributed by atoms with E-state index in [4.69, 9.17) is 20.4 Å². The first-order valence-electron chi connectivity index (χ1n) is 6.63. The molecule has 0 aromatic heterocycles. The fraction of sp³-hybridized carbons (Fsp3) is 0.429. The summed E-state index contributed by atoms with van der Waals surface area (Å²) in [6.07, 6.45) is 1.78. The quantitative estimate of drug-likeness (QED) is 0.204. The molecular formula is C14H21N3O4. The van der Waals surface area contributed by atoms with Gasteiger partial charge in [-0.25, -0.2) is 0 Å². The zero-order valence-corrected chi connectivity index (χ0v) is 12.0. The summed E-state index contributed by atoms with van der Waals surface area (Å²) >= 11 is 0. The standard InChI is InChI=1S/C14H21N3O4/c1-20-9-3-2-8-16-13(18)10-21-12-6-4-11(5-7-12)14(15)17-19/h4-7,19H,2-3,8-10H2,1H3,(H2,15,17)(H,16,18). The number of unbranched alkanes of at least 4 members (excludes halogenated alkanes) is 1. The first-order chi connectivity index (χ1) is 10.2. The molecule has 116 valence electrons. The van der Waals surface area contributed by atoms with E-state index in [0.29, 0.717) is 24.5 Å². The van der Waals surface area contributed by atoms with Crippen molar-refractivity contribution in [2.24, 2.45) is 10.9 Å². The number of nitrogens with zero attached hydrogens (tertiary/aromatic N) is 1. The highest BCUT2D eigenvalue weighted by atomic mass is 16.5. The van der Waals surface area contributed by atoms with Crippen LogP contribution in [0.5, 0.6) is 5.75 Å². The van der Waals surface area contributed by atoms with Crippen LogP contribution in [0.1, 0.15) is 18.4 Å². The molecule has 1 amide bonds. The second kappa shape index (κ2) is 9.60. The molecule has 4 N–H and O–H groups in total. The number of amidine groups is 1. The lowest BCUT2D eigenvalue weighted by atomic mass is 10.2. The highest BCUT2D eigenvalue weighted by molar-refractivity contribution is 5.97. The van der Waals surface area contributed by atoms with Gasteiger partial charge in [0.2, 0.25) is 0 Å². The minimum atomic E-state index is -0.173. The number of oxime groups is 1. The zero-order valence-electron chi connectivity index (χ0n) is 12.0. The SMILES string of the molecule is COCCCCNC(=O)COc1ccc(C(N)=NO)cc1. The Morgan fingerprint density at radius 3 is 2.67 bits per heavy atom. The molecule has 7 nitrogen and oxygen atoms in total. The predicted molar refractivity (Wildman–Crippen MR) is 78.6 cm³/mol. The van der Waals surface area contributed by atoms with Crippen molar-refractivity contribution < 1.29 is 19.5 Å². The van der Waals surface area contributed by atoms with E-state index >= 15 is 0 Å². The van der Waals surface area contributed by atoms with E-state index in [2.05, 4.69) is 10.5 Å². The molecule has 0 fully saturated rings. The summed E-state index contributed by atoms with van der Waals surface area (Å²) in [5.41, 5.74) is 6.02. The normalized spacial score (nSPS) is 11.2. The summed E-state index contributed by atoms with van der Waals surface area (Å²) in [6.45, 7) is 1.25. The Balaban J connectivity index is 2.26. The monoisotopic (exact) mass is 295 g/mol. The van der Waals surface area contributed by atoms with Crippen LogP contribution in [0.15, 0.2) is 29.4 Å². The van der Waals surface area contributed by atoms with Crippen molar-refractivity contribution in [1.29, 1.82) is 0 Å². The number of methoxy groups -OCH3 is 1. The maximum absolute atomic E-state index is 11.5. The fourth-order valence-electron chi connectivity index (χ4n) is 1.58. The van der Waals surface area contributed by atoms with Crippen LogP contribution in [0.3, 0.4) is 0 Å². The van der Waals surface area contributed by atoms with Gasteiger partial charge in [-0.3, -0.25) is 4.79 Å². The molecule has 1 rings (SSSR count). The van der Waals surface area contributed by atoms with Gasteiger partial charge in [0.1, 0.15) is 5.75 Å². The topological polar surface area (TPSA) is 106 Å². The third-order valence-electron chi connectivity index (χ3n) is 2.73. The van der Waals surface area contributed by atoms with E-state index in [1.807, 2.05) is 0 Å². The van der Waals surface area contributed by atoms with Gasteiger partial charge in [0.05, 0.1) is 0 Å². The van der Waals surface area contributed by atoms with Crippen LogP contribution in [-0.4, -0.2) is 43.8 Å². The van der Waals surface area contributed by atoms with E-state index in [-0.39, 0.29) is 18.3 Å². The zero-order chi connectivity index (χ0) is 15.5. The molecule has 0 bridgehead atoms. The molecule has 0 saturated carbocycles. The number of hydrogen-bond donors (Lipinski definition) is 3. The average molecular weight is 295 g/mol. The number of ether oxygens (including phenoxy) is 2. The summed E-state index contributed by atoms with van der Waals surface area (Å²) in [5.74, 6) is 0.391. The maximum Gasteiger partial charge on any atom is 0.257 e. The summed E-state index contributed by atoms with van der Waals surface area (Å²) in [4.78, 5) is 11.5. The van der Waals surface area contributed by atoms with Gasteiger partial charge in [-0.2, -0.15) is 0 Å². The summed E-state index contributed by atoms with van der Waals surface area (Å²) in [6, 6.07) is 6.60. The number of rotatable bonds is 9. The molecule has 0 saturated heterocycles. The molecule has 0 atom stereocenters. The minimum Gasteiger partial charge on any atom is -0.484 e. The fourth-order valence-corrected chi connectivity index (χ4v) is 1.58. The van der Waals surface area contributed by atoms with Crippen molar-refractivity contribution in [3.63, 3.8) is 0 Å². The number of carbonyl (C=O) groups excluding carboxylic acids is 1. The van der Waals surface area contributed by atoms with Gasteiger partial charge >= 0.3 is 0 Å². The van der Waals surface area contributed by atoms with Crippen LogP contribution in [0.25, 0.3) is 0 Å². The molecule has 0 heterocycles. The van der Waals surface area contributed by atoms with E-state index in [9.17, 15) is 4.79 Å². The Labute approximate surface area is 123 Å². The Morgan fingerprint density at radius 2 is 2.05 bits per heavy atom. The van der Waals surface area contributed by atoms with Crippen molar-refractivity contribution in [2.45, 2.75) is 12.8 Å². The molecule has 1 aromatic rings. The van der Waals surface area contributed by atoms with Gasteiger partial charge < -0.3 is 25.7 Å². The van der Waals surface area contributed by atoms with E-state index in [1.165, 1.54) is 0 Å². The smallest absolute Gasteiger partial charge is 0.257 e. The van der Waals surface area contributed by atoms with Crippen molar-refractivity contribution >= 4 is 11.7 Å². The molecule has 21 heavy (non-hydrogen) atoms. The molecule has 7 heteroatoms. The van der Waals surface area contributed by atoms with Crippen LogP contribution < -0.4 is 15.8 Å². The molecule has 0 spiro atoms. The van der Waals surface area contributed by atoms with Crippen LogP contribution in [0.2, 0.25) is 0 Å². The van der Waals surface area contributed by atoms with Crippen LogP contribution >= 0.6 is 0 Å². The van der Waals surface area contributed by atoms with Gasteiger partial charge in [0.15, 0.2) is 12.4 Å². The van der Waals surface area contributed by atoms with Crippen molar-refractivity contribution in [3.8, 4) is 5.75 Å². The molecule has 0 radical (unpaired) electrons. The lowest BCUT2D eigenvalue weighted by molar-refractivity contribution is -0.123. The van der Waals surface area contributed by atoms with Gasteiger partial charge in [-0.05, 0) is 37.1 Å². The number of hydrogen-bond acceptors (Lipinski definition) is 5. The Bertz CT molecular complexity index is 460. The number of nitrogens with two attached hydrogens (primary N) is 1. The molecule has 0 aliphatic carbocycles. The minimum absolute atomic E-state index is 0.0235. The largest absolute Gasteiger partial charge is 0.484 e. The number of amides is 1. The van der Waals surface area contributed by atoms with Gasteiger partial charge in [-0.1, -0.05) is 5.16 Å². The van der Waals surface area contributed by atoms with E-state index in [0.717, 1.165) is 12.8 Å². The first-order valence-corrected chi connectivity index (χ1v) is 6.63. The highest BCUT2D eigenvalue weighted by Crippen LogP contribution is 2.11. The summed E-state index contributed by atoms with van der Waals surface area (Å²) in [7, 11) is 1.65. The third kappa shape index (κ3) is 6.62. The van der Waals surface area contributed by atoms with Crippen molar-refractivity contribution in [3.05, 3.63) is 29.8 Å². The number of carbonyl (C=O) groups is 1. The molecular weight excluding hydrogens is 274 g/mol. The van der Waals surface area contributed by atoms with Crippen LogP contribution in [0, 0.1) is 0 Å². The molecule has 0 aliphatic heterocycles. The molecule has 0 unspecified atom stereocenters. The van der Waals surface area contributed by atoms with E-state index in [1.54, 1.807) is 31.4 Å². The van der Waals surface area contributed by atoms with Crippen molar-refractivity contribution in [1.82, 2.24) is 5.32 Å². The molecule has 1 aromatic carbocycles. The summed E-state index contributed by atoms with van der Waals surface area (Å²) in [5, 5.41) is 14.2. The number of benzene rings is 1. The van der Waals surface area contributed by atoms with Crippen molar-refractivity contribution in [2.75, 3.05) is 26.9 Å². The Kier molecular flexibility index (Phi) is 7.67. The second-order valence-corrected chi connectivity index (χ2v) is 4.35. The van der Waals surface area contributed by atoms with Crippen LogP contribution in [0.4, 0.5) is 0 Å². The van der Waals surface area contributed by atoms with Gasteiger partial charge in [0.25, 0.3) is 5.91 Å². The van der Waals surface area contributed by atoms with Gasteiger partial charge in [-0.15, -0.1) is 0 Å². The van der Waals surface area contributed by atoms with E-state index < -0.39 is 0 Å². The lowest BCUT2D eigenvalue weighted by Crippen LogP contribution is -2.29. The number of nitrogens with one attached hydrogen (secondary N) is 1. The average Bonchev–Trinajstić information content (AvgIpc) is 2.52. The molecule has 0 aliphatic rings. The second-order valence-electron chi connectivity index (χ2n) is 4.35. The van der Waals surface area contributed by atoms with Crippen LogP contribution in [-0.2, 0) is 9.53 Å². The Hall–Kier alpha value is -2.28. The lowest BCUT2D eigenvalue weighted by Gasteiger charge is -2.08. The first kappa shape index (κ1) is 16.8. The predicted octanol–water partition coefficient (Wildman–Crippen LogP) is 0.703. The van der Waals surface area contributed by atoms with Gasteiger partial charge in [0, 0.05) is 25.8 Å². The highest BCUT2D eigenvalue weighted by Gasteiger charge is 2.03. The Morgan fingerprint density at radius 1 is 1.33 bits per heavy atom. The third-order valence-corrected chi connectivity index (χ3v) is 2.73. The summed E-state index contributed by atoms with van der Waals surface area (Å²) < 4.78 is 10.3.